The van der Waals surface area contributed by atoms with Crippen molar-refractivity contribution >= 4 is 11.9 Å². The van der Waals surface area contributed by atoms with Gasteiger partial charge in [0.05, 0.1) is 25.0 Å². The lowest BCUT2D eigenvalue weighted by Crippen LogP contribution is -2.57. The Morgan fingerprint density at radius 2 is 0.737 bits per heavy atom. The van der Waals surface area contributed by atoms with E-state index in [1.165, 1.54) is 141 Å². The van der Waals surface area contributed by atoms with Crippen LogP contribution in [0.5, 0.6) is 0 Å². The van der Waals surface area contributed by atoms with Crippen molar-refractivity contribution in [2.45, 2.75) is 174 Å². The molecule has 0 atom stereocenters. The van der Waals surface area contributed by atoms with E-state index in [0.29, 0.717) is 6.42 Å². The number of unbranched alkanes of at least 4 members (excludes halogenated alkanes) is 20. The minimum Gasteiger partial charge on any atom is -0.549 e. The standard InChI is InChI=1S/2C13H29N.C6H8O4/c2*1-2-3-4-5-6-7-8-9-10-11-12-13-14;7-4(8)6(5(9)10)2-1-3-6/h2*2-14H2,1H3;1-3H2,(H,7,8)(H,9,10). The maximum absolute atomic E-state index is 10.2. The lowest BCUT2D eigenvalue weighted by molar-refractivity contribution is -0.368. The van der Waals surface area contributed by atoms with Crippen LogP contribution in [0.15, 0.2) is 0 Å². The van der Waals surface area contributed by atoms with E-state index in [1.807, 2.05) is 0 Å². The van der Waals surface area contributed by atoms with Crippen molar-refractivity contribution in [3.05, 3.63) is 0 Å². The third-order valence-electron chi connectivity index (χ3n) is 7.70. The number of carboxylic acid groups (broad SMARTS) is 2. The van der Waals surface area contributed by atoms with Gasteiger partial charge in [-0.2, -0.15) is 0 Å². The third kappa shape index (κ3) is 23.9. The third-order valence-corrected chi connectivity index (χ3v) is 7.70. The minimum atomic E-state index is -1.67. The zero-order valence-corrected chi connectivity index (χ0v) is 25.6. The molecule has 6 heteroatoms. The molecule has 1 aliphatic carbocycles. The summed E-state index contributed by atoms with van der Waals surface area (Å²) in [6.07, 6.45) is 32.4. The van der Waals surface area contributed by atoms with E-state index in [2.05, 4.69) is 25.3 Å². The second-order valence-corrected chi connectivity index (χ2v) is 11.3. The SMILES string of the molecule is CCCCCCCCCCCCC[NH3+].CCCCCCCCCCCCC[NH3+].O=C([O-])C1(C(=O)[O-])CCC1. The molecule has 6 N–H and O–H groups in total. The summed E-state index contributed by atoms with van der Waals surface area (Å²) in [6, 6.07) is 0. The Bertz CT molecular complexity index is 446. The molecule has 0 amide bonds. The Hall–Kier alpha value is -1.14. The molecule has 1 aliphatic rings. The highest BCUT2D eigenvalue weighted by Crippen LogP contribution is 2.39. The fourth-order valence-corrected chi connectivity index (χ4v) is 4.70. The van der Waals surface area contributed by atoms with Crippen LogP contribution in [0, 0.1) is 5.41 Å². The molecular formula is C32H66N2O4. The normalized spacial score (nSPS) is 13.5. The van der Waals surface area contributed by atoms with Crippen molar-refractivity contribution in [3.63, 3.8) is 0 Å². The molecule has 0 saturated heterocycles. The Labute approximate surface area is 236 Å². The van der Waals surface area contributed by atoms with Crippen molar-refractivity contribution in [3.8, 4) is 0 Å². The van der Waals surface area contributed by atoms with Gasteiger partial charge in [0.15, 0.2) is 0 Å². The van der Waals surface area contributed by atoms with Gasteiger partial charge in [-0.15, -0.1) is 0 Å². The lowest BCUT2D eigenvalue weighted by atomic mass is 9.69. The van der Waals surface area contributed by atoms with Gasteiger partial charge in [0, 0.05) is 5.41 Å². The van der Waals surface area contributed by atoms with E-state index in [0.717, 1.165) is 13.1 Å². The molecule has 1 fully saturated rings. The molecule has 0 radical (unpaired) electrons. The first-order valence-electron chi connectivity index (χ1n) is 16.4. The predicted octanol–water partition coefficient (Wildman–Crippen LogP) is 4.74. The number of rotatable bonds is 24. The molecule has 0 aliphatic heterocycles. The van der Waals surface area contributed by atoms with Crippen LogP contribution in [0.4, 0.5) is 0 Å². The molecule has 0 bridgehead atoms. The summed E-state index contributed by atoms with van der Waals surface area (Å²) in [5, 5.41) is 20.4. The van der Waals surface area contributed by atoms with Gasteiger partial charge >= 0.3 is 0 Å². The van der Waals surface area contributed by atoms with Crippen LogP contribution >= 0.6 is 0 Å². The van der Waals surface area contributed by atoms with Gasteiger partial charge in [-0.05, 0) is 38.5 Å². The second-order valence-electron chi connectivity index (χ2n) is 11.3. The number of carboxylic acids is 2. The number of carbonyl (C=O) groups excluding carboxylic acids is 2. The number of quaternary nitrogens is 2. The number of aliphatic carboxylic acids is 2. The Morgan fingerprint density at radius 1 is 0.500 bits per heavy atom. The van der Waals surface area contributed by atoms with Crippen molar-refractivity contribution in [1.29, 1.82) is 0 Å². The molecule has 0 spiro atoms. The average Bonchev–Trinajstić information content (AvgIpc) is 2.86. The summed E-state index contributed by atoms with van der Waals surface area (Å²) in [7, 11) is 0. The van der Waals surface area contributed by atoms with Crippen LogP contribution < -0.4 is 21.7 Å². The Balaban J connectivity index is 0. The van der Waals surface area contributed by atoms with Crippen LogP contribution in [-0.2, 0) is 9.59 Å². The van der Waals surface area contributed by atoms with Gasteiger partial charge in [-0.3, -0.25) is 0 Å². The molecule has 6 nitrogen and oxygen atoms in total. The number of hydrogen-bond donors (Lipinski definition) is 2. The van der Waals surface area contributed by atoms with Crippen molar-refractivity contribution < 1.29 is 31.3 Å². The summed E-state index contributed by atoms with van der Waals surface area (Å²) in [5.74, 6) is -3.03. The zero-order chi connectivity index (χ0) is 28.7. The molecule has 1 saturated carbocycles. The summed E-state index contributed by atoms with van der Waals surface area (Å²) >= 11 is 0. The molecule has 0 aromatic rings. The molecule has 38 heavy (non-hydrogen) atoms. The second kappa shape index (κ2) is 30.4. The molecule has 0 unspecified atom stereocenters. The quantitative estimate of drug-likeness (QED) is 0.134. The van der Waals surface area contributed by atoms with Crippen molar-refractivity contribution in [2.75, 3.05) is 13.1 Å². The highest BCUT2D eigenvalue weighted by Gasteiger charge is 2.39. The zero-order valence-electron chi connectivity index (χ0n) is 25.6. The highest BCUT2D eigenvalue weighted by atomic mass is 16.4. The first-order chi connectivity index (χ1) is 18.4. The maximum Gasteiger partial charge on any atom is 0.0739 e. The fourth-order valence-electron chi connectivity index (χ4n) is 4.70. The molecule has 228 valence electrons. The van der Waals surface area contributed by atoms with E-state index in [4.69, 9.17) is 0 Å². The molecule has 1 rings (SSSR count). The smallest absolute Gasteiger partial charge is 0.0739 e. The van der Waals surface area contributed by atoms with Gasteiger partial charge in [0.1, 0.15) is 0 Å². The van der Waals surface area contributed by atoms with Crippen LogP contribution in [-0.4, -0.2) is 25.0 Å². The van der Waals surface area contributed by atoms with Gasteiger partial charge < -0.3 is 31.3 Å². The Morgan fingerprint density at radius 3 is 0.868 bits per heavy atom. The maximum atomic E-state index is 10.2. The molecule has 0 heterocycles. The molecular weight excluding hydrogens is 476 g/mol. The van der Waals surface area contributed by atoms with E-state index in [1.54, 1.807) is 0 Å². The predicted molar refractivity (Wildman–Crippen MR) is 155 cm³/mol. The van der Waals surface area contributed by atoms with Crippen LogP contribution in [0.1, 0.15) is 174 Å². The Kier molecular flexibility index (Phi) is 31.2. The van der Waals surface area contributed by atoms with Crippen molar-refractivity contribution in [1.82, 2.24) is 0 Å². The fraction of sp³-hybridized carbons (Fsp3) is 0.938. The summed E-state index contributed by atoms with van der Waals surface area (Å²) in [4.78, 5) is 20.4. The van der Waals surface area contributed by atoms with E-state index in [9.17, 15) is 19.8 Å². The van der Waals surface area contributed by atoms with E-state index >= 15 is 0 Å². The van der Waals surface area contributed by atoms with E-state index < -0.39 is 17.4 Å². The first kappa shape index (κ1) is 39.0. The molecule has 0 aromatic heterocycles. The van der Waals surface area contributed by atoms with Gasteiger partial charge in [0.25, 0.3) is 0 Å². The highest BCUT2D eigenvalue weighted by molar-refractivity contribution is 5.97. The van der Waals surface area contributed by atoms with Crippen molar-refractivity contribution in [2.24, 2.45) is 5.41 Å². The van der Waals surface area contributed by atoms with Gasteiger partial charge in [0.2, 0.25) is 0 Å². The number of hydrogen-bond acceptors (Lipinski definition) is 4. The van der Waals surface area contributed by atoms with Gasteiger partial charge in [-0.1, -0.05) is 136 Å². The minimum absolute atomic E-state index is 0.150. The largest absolute Gasteiger partial charge is 0.549 e. The summed E-state index contributed by atoms with van der Waals surface area (Å²) < 4.78 is 0. The molecule has 0 aromatic carbocycles. The van der Waals surface area contributed by atoms with Crippen LogP contribution in [0.2, 0.25) is 0 Å². The van der Waals surface area contributed by atoms with Gasteiger partial charge in [-0.25, -0.2) is 0 Å². The summed E-state index contributed by atoms with van der Waals surface area (Å²) in [5.41, 5.74) is 6.06. The number of carbonyl (C=O) groups is 2. The first-order valence-corrected chi connectivity index (χ1v) is 16.4. The lowest BCUT2D eigenvalue weighted by Gasteiger charge is -2.43. The van der Waals surface area contributed by atoms with Crippen LogP contribution in [0.3, 0.4) is 0 Å². The monoisotopic (exact) mass is 543 g/mol. The average molecular weight is 543 g/mol. The summed E-state index contributed by atoms with van der Waals surface area (Å²) in [6.45, 7) is 6.80. The topological polar surface area (TPSA) is 136 Å². The van der Waals surface area contributed by atoms with Crippen LogP contribution in [0.25, 0.3) is 0 Å². The van der Waals surface area contributed by atoms with E-state index in [-0.39, 0.29) is 12.8 Å².